The Morgan fingerprint density at radius 1 is 1.44 bits per heavy atom. The number of benzene rings is 1. The number of aryl methyl sites for hydroxylation is 1. The van der Waals surface area contributed by atoms with Crippen LogP contribution in [0.3, 0.4) is 0 Å². The maximum absolute atomic E-state index is 12.1. The molecule has 0 radical (unpaired) electrons. The van der Waals surface area contributed by atoms with Gasteiger partial charge in [-0.15, -0.1) is 0 Å². The van der Waals surface area contributed by atoms with Crippen molar-refractivity contribution in [2.45, 2.75) is 19.9 Å². The quantitative estimate of drug-likeness (QED) is 0.858. The van der Waals surface area contributed by atoms with E-state index in [1.807, 2.05) is 13.2 Å². The van der Waals surface area contributed by atoms with Crippen molar-refractivity contribution >= 4 is 23.6 Å². The zero-order valence-corrected chi connectivity index (χ0v) is 11.5. The van der Waals surface area contributed by atoms with Crippen LogP contribution in [-0.4, -0.2) is 35.0 Å². The van der Waals surface area contributed by atoms with Crippen LogP contribution in [0.25, 0.3) is 0 Å². The average molecular weight is 267 g/mol. The topological polar surface area (TPSA) is 66.4 Å². The fourth-order valence-electron chi connectivity index (χ4n) is 1.74. The first-order valence-corrected chi connectivity index (χ1v) is 6.99. The summed E-state index contributed by atoms with van der Waals surface area (Å²) in [5, 5.41) is 11.9. The molecule has 0 spiro atoms. The average Bonchev–Trinajstić information content (AvgIpc) is 2.28. The summed E-state index contributed by atoms with van der Waals surface area (Å²) in [5.41, 5.74) is 0.963. The minimum Gasteiger partial charge on any atom is -0.478 e. The molecule has 1 aromatic carbocycles. The van der Waals surface area contributed by atoms with Gasteiger partial charge < -0.3 is 10.4 Å². The van der Waals surface area contributed by atoms with Crippen molar-refractivity contribution in [3.8, 4) is 0 Å². The summed E-state index contributed by atoms with van der Waals surface area (Å²) in [7, 11) is 0. The molecule has 4 nitrogen and oxygen atoms in total. The van der Waals surface area contributed by atoms with E-state index in [1.54, 1.807) is 30.8 Å². The molecule has 0 saturated carbocycles. The van der Waals surface area contributed by atoms with Gasteiger partial charge in [0.15, 0.2) is 0 Å². The molecule has 0 aliphatic rings. The lowest BCUT2D eigenvalue weighted by atomic mass is 10.0. The highest BCUT2D eigenvalue weighted by atomic mass is 32.2. The van der Waals surface area contributed by atoms with Crippen molar-refractivity contribution in [2.75, 3.05) is 12.0 Å². The Balaban J connectivity index is 3.01. The number of aromatic carboxylic acids is 1. The first kappa shape index (κ1) is 14.6. The number of rotatable bonds is 5. The van der Waals surface area contributed by atoms with Crippen LogP contribution < -0.4 is 5.32 Å². The fraction of sp³-hybridized carbons (Fsp3) is 0.385. The minimum atomic E-state index is -1.08. The van der Waals surface area contributed by atoms with Gasteiger partial charge >= 0.3 is 5.97 Å². The number of thioether (sulfide) groups is 1. The second-order valence-corrected chi connectivity index (χ2v) is 5.04. The monoisotopic (exact) mass is 267 g/mol. The van der Waals surface area contributed by atoms with E-state index in [-0.39, 0.29) is 23.1 Å². The zero-order valence-electron chi connectivity index (χ0n) is 10.7. The molecule has 0 aromatic heterocycles. The summed E-state index contributed by atoms with van der Waals surface area (Å²) >= 11 is 1.63. The maximum atomic E-state index is 12.1. The van der Waals surface area contributed by atoms with Crippen LogP contribution in [0, 0.1) is 6.92 Å². The van der Waals surface area contributed by atoms with Crippen LogP contribution in [0.15, 0.2) is 18.2 Å². The van der Waals surface area contributed by atoms with Crippen molar-refractivity contribution < 1.29 is 14.7 Å². The Hall–Kier alpha value is -1.49. The number of amides is 1. The van der Waals surface area contributed by atoms with Crippen molar-refractivity contribution in [2.24, 2.45) is 0 Å². The van der Waals surface area contributed by atoms with E-state index in [9.17, 15) is 9.59 Å². The van der Waals surface area contributed by atoms with Crippen LogP contribution in [0.1, 0.15) is 33.2 Å². The maximum Gasteiger partial charge on any atom is 0.336 e. The summed E-state index contributed by atoms with van der Waals surface area (Å²) in [6, 6.07) is 4.83. The molecule has 1 rings (SSSR count). The number of nitrogens with one attached hydrogen (secondary N) is 1. The van der Waals surface area contributed by atoms with Crippen LogP contribution in [0.4, 0.5) is 0 Å². The summed E-state index contributed by atoms with van der Waals surface area (Å²) in [5.74, 6) is -0.617. The molecule has 0 bridgehead atoms. The summed E-state index contributed by atoms with van der Waals surface area (Å²) < 4.78 is 0. The van der Waals surface area contributed by atoms with Gasteiger partial charge in [-0.2, -0.15) is 11.8 Å². The molecule has 0 heterocycles. The summed E-state index contributed by atoms with van der Waals surface area (Å²) in [6.45, 7) is 3.63. The van der Waals surface area contributed by atoms with E-state index in [1.165, 1.54) is 6.07 Å². The number of carbonyl (C=O) groups excluding carboxylic acids is 1. The van der Waals surface area contributed by atoms with Crippen LogP contribution in [-0.2, 0) is 0 Å². The van der Waals surface area contributed by atoms with Crippen LogP contribution in [0.2, 0.25) is 0 Å². The normalized spacial score (nSPS) is 11.9. The van der Waals surface area contributed by atoms with E-state index < -0.39 is 5.97 Å². The molecule has 0 aliphatic carbocycles. The van der Waals surface area contributed by atoms with Gasteiger partial charge in [-0.25, -0.2) is 4.79 Å². The van der Waals surface area contributed by atoms with Crippen molar-refractivity contribution in [3.63, 3.8) is 0 Å². The molecule has 0 fully saturated rings. The molecule has 1 unspecified atom stereocenters. The van der Waals surface area contributed by atoms with E-state index in [2.05, 4.69) is 5.32 Å². The van der Waals surface area contributed by atoms with Crippen LogP contribution >= 0.6 is 11.8 Å². The highest BCUT2D eigenvalue weighted by molar-refractivity contribution is 7.98. The van der Waals surface area contributed by atoms with E-state index in [0.29, 0.717) is 5.56 Å². The van der Waals surface area contributed by atoms with Gasteiger partial charge in [0.2, 0.25) is 0 Å². The Morgan fingerprint density at radius 2 is 2.11 bits per heavy atom. The fourth-order valence-corrected chi connectivity index (χ4v) is 2.32. The number of hydrogen-bond donors (Lipinski definition) is 2. The van der Waals surface area contributed by atoms with Crippen molar-refractivity contribution in [1.82, 2.24) is 5.32 Å². The number of carbonyl (C=O) groups is 2. The second-order valence-electron chi connectivity index (χ2n) is 4.13. The minimum absolute atomic E-state index is 0.00810. The molecule has 1 aromatic rings. The molecule has 1 atom stereocenters. The van der Waals surface area contributed by atoms with Crippen molar-refractivity contribution in [1.29, 1.82) is 0 Å². The number of hydrogen-bond acceptors (Lipinski definition) is 3. The van der Waals surface area contributed by atoms with E-state index in [4.69, 9.17) is 5.11 Å². The Morgan fingerprint density at radius 3 is 2.67 bits per heavy atom. The number of carboxylic acids is 1. The standard InChI is InChI=1S/C13H17NO3S/c1-8-5-4-6-10(13(16)17)11(8)12(15)14-9(2)7-18-3/h4-6,9H,7H2,1-3H3,(H,14,15)(H,16,17). The van der Waals surface area contributed by atoms with Crippen molar-refractivity contribution in [3.05, 3.63) is 34.9 Å². The molecular formula is C13H17NO3S. The van der Waals surface area contributed by atoms with Gasteiger partial charge in [0.25, 0.3) is 5.91 Å². The molecule has 98 valence electrons. The Bertz CT molecular complexity index is 460. The summed E-state index contributed by atoms with van der Waals surface area (Å²) in [6.07, 6.45) is 1.96. The van der Waals surface area contributed by atoms with Gasteiger partial charge in [-0.3, -0.25) is 4.79 Å². The second kappa shape index (κ2) is 6.44. The molecule has 2 N–H and O–H groups in total. The molecule has 5 heteroatoms. The third-order valence-corrected chi connectivity index (χ3v) is 3.36. The summed E-state index contributed by atoms with van der Waals surface area (Å²) in [4.78, 5) is 23.2. The Kier molecular flexibility index (Phi) is 5.22. The molecule has 0 saturated heterocycles. The van der Waals surface area contributed by atoms with Gasteiger partial charge in [-0.1, -0.05) is 12.1 Å². The van der Waals surface area contributed by atoms with Gasteiger partial charge in [0.05, 0.1) is 11.1 Å². The predicted octanol–water partition coefficient (Wildman–Crippen LogP) is 2.17. The predicted molar refractivity (Wildman–Crippen MR) is 73.4 cm³/mol. The lowest BCUT2D eigenvalue weighted by molar-refractivity contribution is 0.0690. The third kappa shape index (κ3) is 3.50. The lowest BCUT2D eigenvalue weighted by Gasteiger charge is -2.15. The highest BCUT2D eigenvalue weighted by Gasteiger charge is 2.19. The van der Waals surface area contributed by atoms with Gasteiger partial charge in [0.1, 0.15) is 0 Å². The zero-order chi connectivity index (χ0) is 13.7. The molecular weight excluding hydrogens is 250 g/mol. The smallest absolute Gasteiger partial charge is 0.336 e. The first-order valence-electron chi connectivity index (χ1n) is 5.60. The lowest BCUT2D eigenvalue weighted by Crippen LogP contribution is -2.35. The SMILES string of the molecule is CSCC(C)NC(=O)c1c(C)cccc1C(=O)O. The van der Waals surface area contributed by atoms with Gasteiger partial charge in [0, 0.05) is 11.8 Å². The van der Waals surface area contributed by atoms with E-state index in [0.717, 1.165) is 5.75 Å². The van der Waals surface area contributed by atoms with Gasteiger partial charge in [-0.05, 0) is 31.7 Å². The molecule has 0 aliphatic heterocycles. The highest BCUT2D eigenvalue weighted by Crippen LogP contribution is 2.14. The number of carboxylic acid groups (broad SMARTS) is 1. The first-order chi connectivity index (χ1) is 8.47. The largest absolute Gasteiger partial charge is 0.478 e. The third-order valence-electron chi connectivity index (χ3n) is 2.52. The Labute approximate surface area is 111 Å². The van der Waals surface area contributed by atoms with E-state index >= 15 is 0 Å². The molecule has 1 amide bonds. The molecule has 18 heavy (non-hydrogen) atoms. The van der Waals surface area contributed by atoms with Crippen LogP contribution in [0.5, 0.6) is 0 Å².